The third-order valence-electron chi connectivity index (χ3n) is 3.96. The second kappa shape index (κ2) is 5.31. The number of nitrogens with zero attached hydrogens (tertiary/aromatic N) is 4. The molecule has 6 nitrogen and oxygen atoms in total. The van der Waals surface area contributed by atoms with Crippen molar-refractivity contribution in [2.75, 3.05) is 5.32 Å². The van der Waals surface area contributed by atoms with Crippen molar-refractivity contribution in [2.24, 2.45) is 0 Å². The fourth-order valence-corrected chi connectivity index (χ4v) is 2.86. The molecule has 4 rings (SSSR count). The number of rotatable bonds is 3. The lowest BCUT2D eigenvalue weighted by molar-refractivity contribution is 0.880. The summed E-state index contributed by atoms with van der Waals surface area (Å²) < 4.78 is 0. The Morgan fingerprint density at radius 1 is 1.09 bits per heavy atom. The molecule has 0 aliphatic carbocycles. The van der Waals surface area contributed by atoms with E-state index in [4.69, 9.17) is 0 Å². The zero-order valence-electron chi connectivity index (χ0n) is 12.9. The number of fused-ring (bicyclic) bond motifs is 2. The van der Waals surface area contributed by atoms with Crippen LogP contribution in [-0.4, -0.2) is 25.1 Å². The SMILES string of the molecule is Cc1nc(N[C@@H](C)c2cccc3cnccc23)c2cn[nH]c2n1. The van der Waals surface area contributed by atoms with E-state index in [1.54, 1.807) is 6.20 Å². The van der Waals surface area contributed by atoms with Crippen molar-refractivity contribution in [3.05, 3.63) is 54.2 Å². The smallest absolute Gasteiger partial charge is 0.161 e. The first-order chi connectivity index (χ1) is 11.2. The van der Waals surface area contributed by atoms with Crippen molar-refractivity contribution in [3.8, 4) is 0 Å². The predicted molar refractivity (Wildman–Crippen MR) is 90.2 cm³/mol. The molecule has 1 aromatic carbocycles. The molecule has 3 heterocycles. The van der Waals surface area contributed by atoms with Gasteiger partial charge in [0, 0.05) is 17.8 Å². The highest BCUT2D eigenvalue weighted by Crippen LogP contribution is 2.28. The van der Waals surface area contributed by atoms with Gasteiger partial charge in [-0.2, -0.15) is 5.10 Å². The number of H-pyrrole nitrogens is 1. The van der Waals surface area contributed by atoms with Gasteiger partial charge in [0.25, 0.3) is 0 Å². The number of pyridine rings is 1. The lowest BCUT2D eigenvalue weighted by Crippen LogP contribution is -2.09. The van der Waals surface area contributed by atoms with Gasteiger partial charge in [-0.1, -0.05) is 18.2 Å². The van der Waals surface area contributed by atoms with Crippen molar-refractivity contribution in [2.45, 2.75) is 19.9 Å². The lowest BCUT2D eigenvalue weighted by Gasteiger charge is -2.17. The predicted octanol–water partition coefficient (Wildman–Crippen LogP) is 3.38. The summed E-state index contributed by atoms with van der Waals surface area (Å²) in [5.74, 6) is 1.50. The average molecular weight is 304 g/mol. The van der Waals surface area contributed by atoms with Crippen LogP contribution in [0.2, 0.25) is 0 Å². The largest absolute Gasteiger partial charge is 0.363 e. The second-order valence-electron chi connectivity index (χ2n) is 5.56. The van der Waals surface area contributed by atoms with Crippen molar-refractivity contribution < 1.29 is 0 Å². The van der Waals surface area contributed by atoms with Crippen LogP contribution in [0.5, 0.6) is 0 Å². The fourth-order valence-electron chi connectivity index (χ4n) is 2.86. The van der Waals surface area contributed by atoms with E-state index in [0.717, 1.165) is 22.2 Å². The Labute approximate surface area is 133 Å². The average Bonchev–Trinajstić information content (AvgIpc) is 3.02. The third-order valence-corrected chi connectivity index (χ3v) is 3.96. The van der Waals surface area contributed by atoms with E-state index in [1.807, 2.05) is 25.4 Å². The first-order valence-corrected chi connectivity index (χ1v) is 7.49. The number of hydrogen-bond acceptors (Lipinski definition) is 5. The number of anilines is 1. The summed E-state index contributed by atoms with van der Waals surface area (Å²) in [6.45, 7) is 4.00. The van der Waals surface area contributed by atoms with Gasteiger partial charge in [-0.05, 0) is 30.9 Å². The van der Waals surface area contributed by atoms with Gasteiger partial charge in [0.1, 0.15) is 11.6 Å². The second-order valence-corrected chi connectivity index (χ2v) is 5.56. The molecule has 2 N–H and O–H groups in total. The summed E-state index contributed by atoms with van der Waals surface area (Å²) in [5.41, 5.74) is 1.95. The van der Waals surface area contributed by atoms with Crippen LogP contribution in [0.4, 0.5) is 5.82 Å². The first-order valence-electron chi connectivity index (χ1n) is 7.49. The molecular formula is C17H16N6. The molecule has 0 radical (unpaired) electrons. The van der Waals surface area contributed by atoms with Gasteiger partial charge in [0.05, 0.1) is 17.6 Å². The molecule has 3 aromatic heterocycles. The highest BCUT2D eigenvalue weighted by atomic mass is 15.2. The normalized spacial score (nSPS) is 12.6. The Morgan fingerprint density at radius 2 is 2.00 bits per heavy atom. The molecule has 6 heteroatoms. The summed E-state index contributed by atoms with van der Waals surface area (Å²) in [6.07, 6.45) is 5.45. The maximum absolute atomic E-state index is 4.52. The van der Waals surface area contributed by atoms with Crippen LogP contribution >= 0.6 is 0 Å². The minimum absolute atomic E-state index is 0.0912. The van der Waals surface area contributed by atoms with Gasteiger partial charge in [0.2, 0.25) is 0 Å². The molecule has 4 aromatic rings. The van der Waals surface area contributed by atoms with Crippen LogP contribution in [0.1, 0.15) is 24.4 Å². The van der Waals surface area contributed by atoms with Crippen molar-refractivity contribution in [1.29, 1.82) is 0 Å². The standard InChI is InChI=1S/C17H16N6/c1-10(13-5-3-4-12-8-18-7-6-14(12)13)20-16-15-9-19-23-17(15)22-11(2)21-16/h3-10H,1-2H3,(H2,19,20,21,22,23)/t10-/m0/s1. The summed E-state index contributed by atoms with van der Waals surface area (Å²) in [7, 11) is 0. The molecule has 0 fully saturated rings. The first kappa shape index (κ1) is 13.6. The molecule has 23 heavy (non-hydrogen) atoms. The summed E-state index contributed by atoms with van der Waals surface area (Å²) in [5, 5.41) is 13.7. The monoisotopic (exact) mass is 304 g/mol. The quantitative estimate of drug-likeness (QED) is 0.606. The topological polar surface area (TPSA) is 79.4 Å². The molecule has 0 aliphatic rings. The van der Waals surface area contributed by atoms with Gasteiger partial charge < -0.3 is 5.32 Å². The van der Waals surface area contributed by atoms with E-state index < -0.39 is 0 Å². The molecule has 1 atom stereocenters. The van der Waals surface area contributed by atoms with Crippen LogP contribution in [0.15, 0.2) is 42.9 Å². The molecular weight excluding hydrogens is 288 g/mol. The number of aromatic amines is 1. The minimum Gasteiger partial charge on any atom is -0.363 e. The molecule has 114 valence electrons. The molecule has 0 bridgehead atoms. The maximum Gasteiger partial charge on any atom is 0.161 e. The van der Waals surface area contributed by atoms with Crippen molar-refractivity contribution in [1.82, 2.24) is 25.1 Å². The van der Waals surface area contributed by atoms with Crippen LogP contribution < -0.4 is 5.32 Å². The molecule has 0 aliphatic heterocycles. The van der Waals surface area contributed by atoms with Crippen LogP contribution in [-0.2, 0) is 0 Å². The van der Waals surface area contributed by atoms with Gasteiger partial charge in [0.15, 0.2) is 5.65 Å². The van der Waals surface area contributed by atoms with Crippen molar-refractivity contribution in [3.63, 3.8) is 0 Å². The molecule has 0 spiro atoms. The third kappa shape index (κ3) is 2.38. The summed E-state index contributed by atoms with van der Waals surface area (Å²) >= 11 is 0. The Bertz CT molecular complexity index is 985. The van der Waals surface area contributed by atoms with Gasteiger partial charge in [-0.25, -0.2) is 9.97 Å². The van der Waals surface area contributed by atoms with E-state index >= 15 is 0 Å². The molecule has 0 amide bonds. The number of benzene rings is 1. The van der Waals surface area contributed by atoms with Crippen LogP contribution in [0.25, 0.3) is 21.8 Å². The van der Waals surface area contributed by atoms with E-state index in [0.29, 0.717) is 5.82 Å². The van der Waals surface area contributed by atoms with Gasteiger partial charge >= 0.3 is 0 Å². The summed E-state index contributed by atoms with van der Waals surface area (Å²) in [6, 6.07) is 8.38. The zero-order valence-corrected chi connectivity index (χ0v) is 12.9. The Hall–Kier alpha value is -3.02. The number of aryl methyl sites for hydroxylation is 1. The highest BCUT2D eigenvalue weighted by molar-refractivity contribution is 5.88. The number of hydrogen-bond donors (Lipinski definition) is 2. The lowest BCUT2D eigenvalue weighted by atomic mass is 10.0. The Kier molecular flexibility index (Phi) is 3.15. The zero-order chi connectivity index (χ0) is 15.8. The van der Waals surface area contributed by atoms with E-state index in [1.165, 1.54) is 10.9 Å². The Morgan fingerprint density at radius 3 is 2.91 bits per heavy atom. The fraction of sp³-hybridized carbons (Fsp3) is 0.176. The van der Waals surface area contributed by atoms with Crippen LogP contribution in [0.3, 0.4) is 0 Å². The number of aromatic nitrogens is 5. The molecule has 0 unspecified atom stereocenters. The minimum atomic E-state index is 0.0912. The maximum atomic E-state index is 4.52. The molecule has 0 saturated heterocycles. The highest BCUT2D eigenvalue weighted by Gasteiger charge is 2.13. The Balaban J connectivity index is 1.76. The molecule has 0 saturated carbocycles. The van der Waals surface area contributed by atoms with Gasteiger partial charge in [-0.3, -0.25) is 10.1 Å². The van der Waals surface area contributed by atoms with Gasteiger partial charge in [-0.15, -0.1) is 0 Å². The van der Waals surface area contributed by atoms with E-state index in [-0.39, 0.29) is 6.04 Å². The number of nitrogens with one attached hydrogen (secondary N) is 2. The van der Waals surface area contributed by atoms with E-state index in [9.17, 15) is 0 Å². The van der Waals surface area contributed by atoms with E-state index in [2.05, 4.69) is 55.6 Å². The van der Waals surface area contributed by atoms with Crippen LogP contribution in [0, 0.1) is 6.92 Å². The van der Waals surface area contributed by atoms with Crippen molar-refractivity contribution >= 4 is 27.6 Å². The summed E-state index contributed by atoms with van der Waals surface area (Å²) in [4.78, 5) is 13.1.